The van der Waals surface area contributed by atoms with Crippen LogP contribution in [-0.2, 0) is 0 Å². The lowest BCUT2D eigenvalue weighted by Gasteiger charge is -2.07. The van der Waals surface area contributed by atoms with Crippen LogP contribution in [0.1, 0.15) is 29.6 Å². The van der Waals surface area contributed by atoms with Gasteiger partial charge < -0.3 is 10.4 Å². The molecule has 18 heavy (non-hydrogen) atoms. The van der Waals surface area contributed by atoms with Gasteiger partial charge in [0, 0.05) is 19.2 Å². The quantitative estimate of drug-likeness (QED) is 0.800. The molecule has 1 heterocycles. The van der Waals surface area contributed by atoms with Crippen LogP contribution in [0.2, 0.25) is 0 Å². The maximum atomic E-state index is 11.8. The highest BCUT2D eigenvalue weighted by molar-refractivity contribution is 5.96. The summed E-state index contributed by atoms with van der Waals surface area (Å²) in [7, 11) is 0. The smallest absolute Gasteiger partial charge is 0.389 e. The lowest BCUT2D eigenvalue weighted by atomic mass is 10.2. The monoisotopic (exact) mass is 262 g/mol. The number of carbonyl (C=O) groups is 1. The van der Waals surface area contributed by atoms with Crippen LogP contribution in [0.4, 0.5) is 13.2 Å². The number of amides is 1. The average Bonchev–Trinajstić information content (AvgIpc) is 2.27. The van der Waals surface area contributed by atoms with Gasteiger partial charge in [-0.25, -0.2) is 0 Å². The normalized spacial score (nSPS) is 11.3. The van der Waals surface area contributed by atoms with Crippen LogP contribution in [0.25, 0.3) is 0 Å². The van der Waals surface area contributed by atoms with Crippen LogP contribution < -0.4 is 5.32 Å². The van der Waals surface area contributed by atoms with Crippen molar-refractivity contribution in [1.82, 2.24) is 10.3 Å². The summed E-state index contributed by atoms with van der Waals surface area (Å²) in [5, 5.41) is 11.8. The number of aromatic hydroxyl groups is 1. The second-order valence-electron chi connectivity index (χ2n) is 3.72. The summed E-state index contributed by atoms with van der Waals surface area (Å²) >= 11 is 0. The molecule has 0 unspecified atom stereocenters. The SMILES string of the molecule is O=C(NCCCCC(F)(F)F)c1ccncc1O. The molecule has 0 radical (unpaired) electrons. The molecule has 0 aliphatic carbocycles. The summed E-state index contributed by atoms with van der Waals surface area (Å²) in [5.41, 5.74) is 0.0563. The first kappa shape index (κ1) is 14.3. The van der Waals surface area contributed by atoms with E-state index in [9.17, 15) is 23.1 Å². The fourth-order valence-electron chi connectivity index (χ4n) is 1.33. The molecule has 0 saturated heterocycles. The maximum Gasteiger partial charge on any atom is 0.389 e. The lowest BCUT2D eigenvalue weighted by molar-refractivity contribution is -0.135. The molecule has 0 aliphatic rings. The zero-order valence-corrected chi connectivity index (χ0v) is 9.50. The Labute approximate surface area is 102 Å². The van der Waals surface area contributed by atoms with Crippen molar-refractivity contribution >= 4 is 5.91 Å². The summed E-state index contributed by atoms with van der Waals surface area (Å²) in [4.78, 5) is 15.1. The molecule has 0 spiro atoms. The van der Waals surface area contributed by atoms with E-state index in [-0.39, 0.29) is 30.7 Å². The third kappa shape index (κ3) is 5.03. The van der Waals surface area contributed by atoms with E-state index in [4.69, 9.17) is 0 Å². The van der Waals surface area contributed by atoms with Crippen molar-refractivity contribution < 1.29 is 23.1 Å². The van der Waals surface area contributed by atoms with Crippen LogP contribution in [0, 0.1) is 0 Å². The highest BCUT2D eigenvalue weighted by Gasteiger charge is 2.25. The third-order valence-electron chi connectivity index (χ3n) is 2.22. The summed E-state index contributed by atoms with van der Waals surface area (Å²) in [6.45, 7) is 0.136. The number of nitrogens with zero attached hydrogens (tertiary/aromatic N) is 1. The van der Waals surface area contributed by atoms with Crippen molar-refractivity contribution in [2.45, 2.75) is 25.4 Å². The molecule has 0 aromatic carbocycles. The van der Waals surface area contributed by atoms with E-state index in [1.807, 2.05) is 0 Å². The van der Waals surface area contributed by atoms with Gasteiger partial charge in [-0.3, -0.25) is 9.78 Å². The van der Waals surface area contributed by atoms with E-state index in [0.717, 1.165) is 6.20 Å². The van der Waals surface area contributed by atoms with Crippen molar-refractivity contribution in [2.24, 2.45) is 0 Å². The Morgan fingerprint density at radius 3 is 2.72 bits per heavy atom. The Morgan fingerprint density at radius 2 is 2.11 bits per heavy atom. The van der Waals surface area contributed by atoms with Gasteiger partial charge >= 0.3 is 6.18 Å². The van der Waals surface area contributed by atoms with E-state index in [2.05, 4.69) is 10.3 Å². The molecular formula is C11H13F3N2O2. The molecule has 0 saturated carbocycles. The number of alkyl halides is 3. The van der Waals surface area contributed by atoms with Gasteiger partial charge in [0.15, 0.2) is 0 Å². The Morgan fingerprint density at radius 1 is 1.39 bits per heavy atom. The third-order valence-corrected chi connectivity index (χ3v) is 2.22. The predicted molar refractivity (Wildman–Crippen MR) is 58.1 cm³/mol. The van der Waals surface area contributed by atoms with Gasteiger partial charge in [-0.05, 0) is 18.9 Å². The fraction of sp³-hybridized carbons (Fsp3) is 0.455. The van der Waals surface area contributed by atoms with Gasteiger partial charge in [-0.1, -0.05) is 0 Å². The maximum absolute atomic E-state index is 11.8. The molecule has 1 aromatic heterocycles. The topological polar surface area (TPSA) is 62.2 Å². The summed E-state index contributed by atoms with van der Waals surface area (Å²) in [6.07, 6.45) is -2.35. The predicted octanol–water partition coefficient (Wildman–Crippen LogP) is 2.25. The number of aromatic nitrogens is 1. The van der Waals surface area contributed by atoms with Crippen LogP contribution in [0.15, 0.2) is 18.5 Å². The van der Waals surface area contributed by atoms with Gasteiger partial charge in [0.2, 0.25) is 0 Å². The molecule has 1 rings (SSSR count). The van der Waals surface area contributed by atoms with E-state index in [1.165, 1.54) is 12.3 Å². The number of hydrogen-bond donors (Lipinski definition) is 2. The van der Waals surface area contributed by atoms with E-state index < -0.39 is 18.5 Å². The Bertz CT molecular complexity index is 408. The molecule has 2 N–H and O–H groups in total. The lowest BCUT2D eigenvalue weighted by Crippen LogP contribution is -2.24. The standard InChI is InChI=1S/C11H13F3N2O2/c12-11(13,14)4-1-2-5-16-10(18)8-3-6-15-7-9(8)17/h3,6-7,17H,1-2,4-5H2,(H,16,18). The Balaban J connectivity index is 2.28. The van der Waals surface area contributed by atoms with Gasteiger partial charge in [-0.2, -0.15) is 13.2 Å². The molecule has 1 amide bonds. The zero-order valence-electron chi connectivity index (χ0n) is 9.50. The highest BCUT2D eigenvalue weighted by atomic mass is 19.4. The van der Waals surface area contributed by atoms with E-state index in [1.54, 1.807) is 0 Å². The Kier molecular flexibility index (Phi) is 4.94. The first-order chi connectivity index (χ1) is 8.40. The second-order valence-corrected chi connectivity index (χ2v) is 3.72. The van der Waals surface area contributed by atoms with Gasteiger partial charge in [0.05, 0.1) is 11.8 Å². The van der Waals surface area contributed by atoms with E-state index in [0.29, 0.717) is 0 Å². The molecular weight excluding hydrogens is 249 g/mol. The molecule has 7 heteroatoms. The molecule has 4 nitrogen and oxygen atoms in total. The number of pyridine rings is 1. The summed E-state index contributed by atoms with van der Waals surface area (Å²) < 4.78 is 35.5. The molecule has 0 atom stereocenters. The molecule has 100 valence electrons. The van der Waals surface area contributed by atoms with Crippen molar-refractivity contribution in [3.05, 3.63) is 24.0 Å². The molecule has 0 fully saturated rings. The molecule has 0 bridgehead atoms. The largest absolute Gasteiger partial charge is 0.505 e. The van der Waals surface area contributed by atoms with E-state index >= 15 is 0 Å². The van der Waals surface area contributed by atoms with Crippen LogP contribution in [-0.4, -0.2) is 28.7 Å². The fourth-order valence-corrected chi connectivity index (χ4v) is 1.33. The number of hydrogen-bond acceptors (Lipinski definition) is 3. The first-order valence-electron chi connectivity index (χ1n) is 5.38. The number of rotatable bonds is 5. The Hall–Kier alpha value is -1.79. The highest BCUT2D eigenvalue weighted by Crippen LogP contribution is 2.21. The van der Waals surface area contributed by atoms with Crippen LogP contribution in [0.5, 0.6) is 5.75 Å². The molecule has 0 aliphatic heterocycles. The second kappa shape index (κ2) is 6.23. The van der Waals surface area contributed by atoms with Crippen LogP contribution in [0.3, 0.4) is 0 Å². The number of nitrogens with one attached hydrogen (secondary N) is 1. The van der Waals surface area contributed by atoms with Crippen molar-refractivity contribution in [2.75, 3.05) is 6.54 Å². The number of carbonyl (C=O) groups excluding carboxylic acids is 1. The van der Waals surface area contributed by atoms with Crippen LogP contribution >= 0.6 is 0 Å². The minimum atomic E-state index is -4.16. The van der Waals surface area contributed by atoms with Crippen molar-refractivity contribution in [3.8, 4) is 5.75 Å². The van der Waals surface area contributed by atoms with Gasteiger partial charge in [0.25, 0.3) is 5.91 Å². The average molecular weight is 262 g/mol. The first-order valence-corrected chi connectivity index (χ1v) is 5.38. The number of unbranched alkanes of at least 4 members (excludes halogenated alkanes) is 1. The van der Waals surface area contributed by atoms with Crippen molar-refractivity contribution in [1.29, 1.82) is 0 Å². The van der Waals surface area contributed by atoms with Crippen molar-refractivity contribution in [3.63, 3.8) is 0 Å². The summed E-state index contributed by atoms with van der Waals surface area (Å²) in [5.74, 6) is -0.785. The number of halogens is 3. The minimum Gasteiger partial charge on any atom is -0.505 e. The summed E-state index contributed by atoms with van der Waals surface area (Å²) in [6, 6.07) is 1.33. The van der Waals surface area contributed by atoms with Gasteiger partial charge in [0.1, 0.15) is 5.75 Å². The minimum absolute atomic E-state index is 0.0356. The zero-order chi connectivity index (χ0) is 13.6. The van der Waals surface area contributed by atoms with Gasteiger partial charge in [-0.15, -0.1) is 0 Å². The molecule has 1 aromatic rings.